The lowest BCUT2D eigenvalue weighted by Gasteiger charge is -2.13. The van der Waals surface area contributed by atoms with E-state index >= 15 is 0 Å². The Morgan fingerprint density at radius 3 is 2.60 bits per heavy atom. The first-order chi connectivity index (χ1) is 9.56. The Bertz CT molecular complexity index is 730. The highest BCUT2D eigenvalue weighted by molar-refractivity contribution is 9.10. The summed E-state index contributed by atoms with van der Waals surface area (Å²) in [5.74, 6) is -0.212. The zero-order chi connectivity index (χ0) is 14.3. The van der Waals surface area contributed by atoms with Gasteiger partial charge in [0.05, 0.1) is 17.7 Å². The van der Waals surface area contributed by atoms with Crippen LogP contribution >= 0.6 is 15.9 Å². The summed E-state index contributed by atoms with van der Waals surface area (Å²) in [6.07, 6.45) is 1.55. The van der Waals surface area contributed by atoms with Gasteiger partial charge in [-0.15, -0.1) is 0 Å². The van der Waals surface area contributed by atoms with Crippen LogP contribution in [-0.2, 0) is 6.54 Å². The zero-order valence-electron chi connectivity index (χ0n) is 10.3. The smallest absolute Gasteiger partial charge is 0.261 e. The number of nitrogen functional groups attached to an aromatic ring is 1. The van der Waals surface area contributed by atoms with E-state index in [1.807, 2.05) is 0 Å². The molecule has 0 saturated heterocycles. The Hall–Kier alpha value is -2.21. The van der Waals surface area contributed by atoms with E-state index < -0.39 is 0 Å². The minimum Gasteiger partial charge on any atom is -0.384 e. The van der Waals surface area contributed by atoms with Crippen LogP contribution in [0.15, 0.2) is 41.0 Å². The van der Waals surface area contributed by atoms with Crippen molar-refractivity contribution in [2.75, 3.05) is 5.73 Å². The van der Waals surface area contributed by atoms with Gasteiger partial charge in [-0.3, -0.25) is 14.5 Å². The molecule has 0 bridgehead atoms. The van der Waals surface area contributed by atoms with E-state index in [0.717, 1.165) is 10.0 Å². The number of carbonyl (C=O) groups excluding carboxylic acids is 2. The second-order valence-electron chi connectivity index (χ2n) is 4.48. The van der Waals surface area contributed by atoms with Crippen molar-refractivity contribution in [1.29, 1.82) is 0 Å². The number of pyridine rings is 1. The number of anilines is 1. The van der Waals surface area contributed by atoms with Gasteiger partial charge in [-0.05, 0) is 35.9 Å². The first-order valence-corrected chi connectivity index (χ1v) is 6.72. The van der Waals surface area contributed by atoms with Crippen molar-refractivity contribution in [2.24, 2.45) is 0 Å². The fraction of sp³-hybridized carbons (Fsp3) is 0.0714. The molecule has 100 valence electrons. The predicted octanol–water partition coefficient (Wildman–Crippen LogP) is 2.22. The van der Waals surface area contributed by atoms with E-state index in [-0.39, 0.29) is 18.4 Å². The highest BCUT2D eigenvalue weighted by atomic mass is 79.9. The van der Waals surface area contributed by atoms with Crippen LogP contribution in [0.4, 0.5) is 5.82 Å². The van der Waals surface area contributed by atoms with Gasteiger partial charge in [0.2, 0.25) is 0 Å². The molecule has 0 unspecified atom stereocenters. The molecule has 2 N–H and O–H groups in total. The molecule has 20 heavy (non-hydrogen) atoms. The number of hydrogen-bond acceptors (Lipinski definition) is 4. The van der Waals surface area contributed by atoms with Gasteiger partial charge >= 0.3 is 0 Å². The van der Waals surface area contributed by atoms with Crippen molar-refractivity contribution in [3.8, 4) is 0 Å². The van der Waals surface area contributed by atoms with Crippen molar-refractivity contribution < 1.29 is 9.59 Å². The number of hydrogen-bond donors (Lipinski definition) is 1. The van der Waals surface area contributed by atoms with Crippen molar-refractivity contribution >= 4 is 33.6 Å². The molecule has 2 amide bonds. The van der Waals surface area contributed by atoms with Crippen LogP contribution in [0, 0.1) is 0 Å². The van der Waals surface area contributed by atoms with E-state index in [1.165, 1.54) is 4.90 Å². The maximum absolute atomic E-state index is 12.3. The molecule has 6 heteroatoms. The van der Waals surface area contributed by atoms with Crippen LogP contribution in [-0.4, -0.2) is 21.7 Å². The summed E-state index contributed by atoms with van der Waals surface area (Å²) in [4.78, 5) is 29.6. The summed E-state index contributed by atoms with van der Waals surface area (Å²) >= 11 is 3.30. The summed E-state index contributed by atoms with van der Waals surface area (Å²) < 4.78 is 0.771. The summed E-state index contributed by atoms with van der Waals surface area (Å²) in [5, 5.41) is 0. The molecule has 2 aromatic rings. The number of rotatable bonds is 2. The quantitative estimate of drug-likeness (QED) is 0.856. The third-order valence-corrected chi connectivity index (χ3v) is 3.61. The van der Waals surface area contributed by atoms with Gasteiger partial charge < -0.3 is 5.73 Å². The van der Waals surface area contributed by atoms with Crippen LogP contribution in [0.25, 0.3) is 0 Å². The van der Waals surface area contributed by atoms with Gasteiger partial charge in [0.1, 0.15) is 5.82 Å². The average Bonchev–Trinajstić information content (AvgIpc) is 2.64. The fourth-order valence-electron chi connectivity index (χ4n) is 2.18. The summed E-state index contributed by atoms with van der Waals surface area (Å²) in [7, 11) is 0. The molecule has 1 aliphatic rings. The molecule has 2 heterocycles. The predicted molar refractivity (Wildman–Crippen MR) is 77.0 cm³/mol. The summed E-state index contributed by atoms with van der Waals surface area (Å²) in [6.45, 7) is 0.191. The van der Waals surface area contributed by atoms with E-state index in [4.69, 9.17) is 5.73 Å². The Balaban J connectivity index is 1.94. The molecular weight excluding hydrogens is 322 g/mol. The van der Waals surface area contributed by atoms with Crippen molar-refractivity contribution in [3.05, 3.63) is 57.7 Å². The maximum atomic E-state index is 12.3. The van der Waals surface area contributed by atoms with E-state index in [2.05, 4.69) is 20.9 Å². The Morgan fingerprint density at radius 1 is 1.10 bits per heavy atom. The van der Waals surface area contributed by atoms with Crippen LogP contribution in [0.2, 0.25) is 0 Å². The molecule has 0 fully saturated rings. The van der Waals surface area contributed by atoms with Gasteiger partial charge in [0.25, 0.3) is 11.8 Å². The number of carbonyl (C=O) groups is 2. The molecule has 0 spiro atoms. The molecular formula is C14H10BrN3O2. The largest absolute Gasteiger partial charge is 0.384 e. The molecule has 5 nitrogen and oxygen atoms in total. The minimum atomic E-state index is -0.290. The van der Waals surface area contributed by atoms with Crippen LogP contribution in [0.3, 0.4) is 0 Å². The highest BCUT2D eigenvalue weighted by Crippen LogP contribution is 2.27. The van der Waals surface area contributed by atoms with E-state index in [9.17, 15) is 9.59 Å². The number of nitrogens with zero attached hydrogens (tertiary/aromatic N) is 2. The van der Waals surface area contributed by atoms with Gasteiger partial charge in [-0.2, -0.15) is 0 Å². The molecule has 1 aromatic heterocycles. The maximum Gasteiger partial charge on any atom is 0.261 e. The van der Waals surface area contributed by atoms with Gasteiger partial charge in [0.15, 0.2) is 0 Å². The molecule has 1 aliphatic heterocycles. The topological polar surface area (TPSA) is 76.3 Å². The second kappa shape index (κ2) is 4.72. The van der Waals surface area contributed by atoms with Crippen molar-refractivity contribution in [3.63, 3.8) is 0 Å². The fourth-order valence-corrected chi connectivity index (χ4v) is 2.54. The minimum absolute atomic E-state index is 0.191. The van der Waals surface area contributed by atoms with Crippen LogP contribution in [0.5, 0.6) is 0 Å². The monoisotopic (exact) mass is 331 g/mol. The lowest BCUT2D eigenvalue weighted by Crippen LogP contribution is -2.29. The molecule has 0 saturated carbocycles. The van der Waals surface area contributed by atoms with Gasteiger partial charge in [0, 0.05) is 10.7 Å². The zero-order valence-corrected chi connectivity index (χ0v) is 11.9. The lowest BCUT2D eigenvalue weighted by atomic mass is 10.1. The van der Waals surface area contributed by atoms with Crippen LogP contribution in [0.1, 0.15) is 26.3 Å². The summed E-state index contributed by atoms with van der Waals surface area (Å²) in [6, 6.07) is 8.45. The number of nitrogens with two attached hydrogens (primary N) is 1. The standard InChI is InChI=1S/C14H10BrN3O2/c15-9-1-2-10-11(6-9)14(20)18(13(10)19)7-8-3-4-17-12(16)5-8/h1-6H,7H2,(H2,16,17). The SMILES string of the molecule is Nc1cc(CN2C(=O)c3ccc(Br)cc3C2=O)ccn1. The first-order valence-electron chi connectivity index (χ1n) is 5.92. The molecule has 1 aromatic carbocycles. The number of halogens is 1. The molecule has 0 radical (unpaired) electrons. The van der Waals surface area contributed by atoms with E-state index in [1.54, 1.807) is 36.5 Å². The van der Waals surface area contributed by atoms with Crippen molar-refractivity contribution in [2.45, 2.75) is 6.54 Å². The molecule has 0 atom stereocenters. The van der Waals surface area contributed by atoms with Gasteiger partial charge in [-0.1, -0.05) is 15.9 Å². The molecule has 3 rings (SSSR count). The van der Waals surface area contributed by atoms with Gasteiger partial charge in [-0.25, -0.2) is 4.98 Å². The third-order valence-electron chi connectivity index (χ3n) is 3.12. The van der Waals surface area contributed by atoms with Crippen molar-refractivity contribution in [1.82, 2.24) is 9.88 Å². The Labute approximate surface area is 123 Å². The number of fused-ring (bicyclic) bond motifs is 1. The average molecular weight is 332 g/mol. The number of imide groups is 1. The highest BCUT2D eigenvalue weighted by Gasteiger charge is 2.35. The first kappa shape index (κ1) is 12.8. The van der Waals surface area contributed by atoms with Crippen LogP contribution < -0.4 is 5.73 Å². The lowest BCUT2D eigenvalue weighted by molar-refractivity contribution is 0.0642. The normalized spacial score (nSPS) is 13.8. The Morgan fingerprint density at radius 2 is 1.85 bits per heavy atom. The second-order valence-corrected chi connectivity index (χ2v) is 5.39. The Kier molecular flexibility index (Phi) is 3.02. The number of amides is 2. The number of aromatic nitrogens is 1. The van der Waals surface area contributed by atoms with E-state index in [0.29, 0.717) is 16.9 Å². The number of benzene rings is 1. The third kappa shape index (κ3) is 2.08. The molecule has 0 aliphatic carbocycles. The summed E-state index contributed by atoms with van der Waals surface area (Å²) in [5.41, 5.74) is 7.22.